The van der Waals surface area contributed by atoms with Gasteiger partial charge in [0.1, 0.15) is 0 Å². The largest absolute Gasteiger partial charge is 0.352 e. The molecule has 0 unspecified atom stereocenters. The third-order valence-corrected chi connectivity index (χ3v) is 5.33. The van der Waals surface area contributed by atoms with Gasteiger partial charge in [0.05, 0.1) is 17.8 Å². The molecule has 1 N–H and O–H groups in total. The van der Waals surface area contributed by atoms with E-state index in [-0.39, 0.29) is 12.1 Å². The highest BCUT2D eigenvalue weighted by Crippen LogP contribution is 2.39. The molecule has 0 bridgehead atoms. The molecular weight excluding hydrogens is 354 g/mol. The van der Waals surface area contributed by atoms with Crippen LogP contribution in [-0.2, 0) is 0 Å². The van der Waals surface area contributed by atoms with E-state index in [1.54, 1.807) is 0 Å². The Balaban J connectivity index is 1.78. The molecule has 4 rings (SSSR count). The summed E-state index contributed by atoms with van der Waals surface area (Å²) in [4.78, 5) is 11.1. The van der Waals surface area contributed by atoms with Crippen LogP contribution >= 0.6 is 12.2 Å². The normalized spacial score (nSPS) is 19.3. The van der Waals surface area contributed by atoms with Gasteiger partial charge in [0.25, 0.3) is 0 Å². The van der Waals surface area contributed by atoms with E-state index in [1.807, 2.05) is 42.9 Å². The number of pyridine rings is 2. The molecule has 0 aliphatic carbocycles. The smallest absolute Gasteiger partial charge is 0.170 e. The van der Waals surface area contributed by atoms with Crippen molar-refractivity contribution in [1.29, 1.82) is 0 Å². The predicted octanol–water partition coefficient (Wildman–Crippen LogP) is 4.04. The summed E-state index contributed by atoms with van der Waals surface area (Å²) in [6, 6.07) is 14.5. The molecule has 1 aliphatic heterocycles. The molecule has 0 saturated carbocycles. The molecule has 0 amide bonds. The van der Waals surface area contributed by atoms with Gasteiger partial charge in [0.15, 0.2) is 5.11 Å². The zero-order valence-electron chi connectivity index (χ0n) is 15.3. The van der Waals surface area contributed by atoms with Gasteiger partial charge in [-0.3, -0.25) is 9.97 Å². The summed E-state index contributed by atoms with van der Waals surface area (Å²) >= 11 is 5.71. The number of aromatic nitrogens is 3. The van der Waals surface area contributed by atoms with Crippen LogP contribution in [0.2, 0.25) is 0 Å². The quantitative estimate of drug-likeness (QED) is 0.657. The number of nitrogens with zero attached hydrogens (tertiary/aromatic N) is 4. The van der Waals surface area contributed by atoms with Crippen molar-refractivity contribution in [3.05, 3.63) is 78.6 Å². The number of rotatable bonds is 6. The summed E-state index contributed by atoms with van der Waals surface area (Å²) in [5.41, 5.74) is 3.30. The SMILES string of the molecule is CCCCN1C(=S)N[C@@H](c2ccccn2)[C@H]1c1cccn1-c1ccncc1. The first kappa shape index (κ1) is 17.7. The van der Waals surface area contributed by atoms with Crippen LogP contribution in [0.15, 0.2) is 67.3 Å². The lowest BCUT2D eigenvalue weighted by Crippen LogP contribution is -2.31. The van der Waals surface area contributed by atoms with Crippen LogP contribution in [0.5, 0.6) is 0 Å². The summed E-state index contributed by atoms with van der Waals surface area (Å²) in [5.74, 6) is 0. The third kappa shape index (κ3) is 3.45. The van der Waals surface area contributed by atoms with Crippen LogP contribution in [0, 0.1) is 0 Å². The highest BCUT2D eigenvalue weighted by molar-refractivity contribution is 7.80. The Kier molecular flexibility index (Phi) is 5.16. The minimum Gasteiger partial charge on any atom is -0.352 e. The lowest BCUT2D eigenvalue weighted by molar-refractivity contribution is 0.304. The standard InChI is InChI=1S/C21H23N5S/c1-2-3-14-26-20(19(24-21(26)27)17-7-4-5-11-23-17)18-8-6-15-25(18)16-9-12-22-13-10-16/h4-13,15,19-20H,2-3,14H2,1H3,(H,24,27)/t19-,20+/m0/s1. The Morgan fingerprint density at radius 2 is 1.93 bits per heavy atom. The highest BCUT2D eigenvalue weighted by Gasteiger charge is 2.40. The maximum absolute atomic E-state index is 5.71. The van der Waals surface area contributed by atoms with Crippen molar-refractivity contribution in [2.24, 2.45) is 0 Å². The van der Waals surface area contributed by atoms with Gasteiger partial charge in [-0.2, -0.15) is 0 Å². The van der Waals surface area contributed by atoms with Crippen LogP contribution in [0.3, 0.4) is 0 Å². The van der Waals surface area contributed by atoms with Crippen molar-refractivity contribution < 1.29 is 0 Å². The first-order valence-corrected chi connectivity index (χ1v) is 9.76. The molecule has 1 aliphatic rings. The predicted molar refractivity (Wildman–Crippen MR) is 111 cm³/mol. The monoisotopic (exact) mass is 377 g/mol. The Bertz CT molecular complexity index is 893. The first-order chi connectivity index (χ1) is 13.3. The number of thiocarbonyl (C=S) groups is 1. The Morgan fingerprint density at radius 3 is 2.67 bits per heavy atom. The molecule has 0 spiro atoms. The Labute approximate surface area is 165 Å². The second-order valence-corrected chi connectivity index (χ2v) is 7.07. The fourth-order valence-corrected chi connectivity index (χ4v) is 4.00. The molecule has 138 valence electrons. The van der Waals surface area contributed by atoms with E-state index in [0.29, 0.717) is 0 Å². The molecule has 3 aromatic rings. The van der Waals surface area contributed by atoms with Gasteiger partial charge >= 0.3 is 0 Å². The molecule has 3 aromatic heterocycles. The van der Waals surface area contributed by atoms with E-state index < -0.39 is 0 Å². The number of unbranched alkanes of at least 4 members (excludes halogenated alkanes) is 1. The molecule has 0 aromatic carbocycles. The summed E-state index contributed by atoms with van der Waals surface area (Å²) in [5, 5.41) is 4.31. The van der Waals surface area contributed by atoms with Crippen LogP contribution in [0.1, 0.15) is 43.2 Å². The summed E-state index contributed by atoms with van der Waals surface area (Å²) < 4.78 is 2.22. The molecule has 2 atom stereocenters. The van der Waals surface area contributed by atoms with Gasteiger partial charge in [-0.15, -0.1) is 0 Å². The van der Waals surface area contributed by atoms with Gasteiger partial charge in [-0.1, -0.05) is 19.4 Å². The van der Waals surface area contributed by atoms with Gasteiger partial charge in [0, 0.05) is 42.7 Å². The summed E-state index contributed by atoms with van der Waals surface area (Å²) in [6.07, 6.45) is 9.81. The minimum atomic E-state index is 0.0195. The third-order valence-electron chi connectivity index (χ3n) is 4.97. The molecule has 1 saturated heterocycles. The highest BCUT2D eigenvalue weighted by atomic mass is 32.1. The molecule has 27 heavy (non-hydrogen) atoms. The second kappa shape index (κ2) is 7.88. The van der Waals surface area contributed by atoms with Crippen LogP contribution < -0.4 is 5.32 Å². The van der Waals surface area contributed by atoms with Gasteiger partial charge in [0.2, 0.25) is 0 Å². The van der Waals surface area contributed by atoms with E-state index in [9.17, 15) is 0 Å². The zero-order valence-corrected chi connectivity index (χ0v) is 16.1. The average molecular weight is 378 g/mol. The van der Waals surface area contributed by atoms with E-state index in [1.165, 1.54) is 5.69 Å². The molecule has 5 nitrogen and oxygen atoms in total. The van der Waals surface area contributed by atoms with Crippen LogP contribution in [0.25, 0.3) is 5.69 Å². The van der Waals surface area contributed by atoms with Crippen molar-refractivity contribution in [2.75, 3.05) is 6.54 Å². The lowest BCUT2D eigenvalue weighted by Gasteiger charge is -2.28. The van der Waals surface area contributed by atoms with E-state index >= 15 is 0 Å². The van der Waals surface area contributed by atoms with Gasteiger partial charge < -0.3 is 14.8 Å². The number of hydrogen-bond acceptors (Lipinski definition) is 3. The maximum atomic E-state index is 5.71. The second-order valence-electron chi connectivity index (χ2n) is 6.68. The van der Waals surface area contributed by atoms with Gasteiger partial charge in [-0.05, 0) is 55.0 Å². The number of hydrogen-bond donors (Lipinski definition) is 1. The molecule has 6 heteroatoms. The van der Waals surface area contributed by atoms with Crippen molar-refractivity contribution >= 4 is 17.3 Å². The van der Waals surface area contributed by atoms with E-state index in [2.05, 4.69) is 56.1 Å². The van der Waals surface area contributed by atoms with E-state index in [4.69, 9.17) is 12.2 Å². The van der Waals surface area contributed by atoms with Crippen molar-refractivity contribution in [3.63, 3.8) is 0 Å². The fraction of sp³-hybridized carbons (Fsp3) is 0.286. The Morgan fingerprint density at radius 1 is 1.07 bits per heavy atom. The summed E-state index contributed by atoms with van der Waals surface area (Å²) in [7, 11) is 0. The maximum Gasteiger partial charge on any atom is 0.170 e. The Hall–Kier alpha value is -2.73. The van der Waals surface area contributed by atoms with Crippen molar-refractivity contribution in [2.45, 2.75) is 31.8 Å². The van der Waals surface area contributed by atoms with Crippen molar-refractivity contribution in [1.82, 2.24) is 24.8 Å². The van der Waals surface area contributed by atoms with Gasteiger partial charge in [-0.25, -0.2) is 0 Å². The van der Waals surface area contributed by atoms with Crippen LogP contribution in [0.4, 0.5) is 0 Å². The summed E-state index contributed by atoms with van der Waals surface area (Å²) in [6.45, 7) is 3.13. The van der Waals surface area contributed by atoms with Crippen molar-refractivity contribution in [3.8, 4) is 5.69 Å². The molecule has 1 fully saturated rings. The fourth-order valence-electron chi connectivity index (χ4n) is 3.67. The number of nitrogens with one attached hydrogen (secondary N) is 1. The lowest BCUT2D eigenvalue weighted by atomic mass is 10.0. The van der Waals surface area contributed by atoms with E-state index in [0.717, 1.165) is 35.9 Å². The van der Waals surface area contributed by atoms with Crippen LogP contribution in [-0.4, -0.2) is 31.1 Å². The zero-order chi connectivity index (χ0) is 18.6. The topological polar surface area (TPSA) is 46.0 Å². The molecular formula is C21H23N5S. The molecule has 4 heterocycles. The minimum absolute atomic E-state index is 0.0195. The average Bonchev–Trinajstić information content (AvgIpc) is 3.32. The molecule has 0 radical (unpaired) electrons. The first-order valence-electron chi connectivity index (χ1n) is 9.35.